The van der Waals surface area contributed by atoms with E-state index in [2.05, 4.69) is 17.2 Å². The van der Waals surface area contributed by atoms with E-state index in [0.29, 0.717) is 11.4 Å². The first kappa shape index (κ1) is 20.7. The van der Waals surface area contributed by atoms with E-state index in [4.69, 9.17) is 5.73 Å². The number of para-hydroxylation sites is 1. The van der Waals surface area contributed by atoms with Crippen molar-refractivity contribution in [3.8, 4) is 11.1 Å². The van der Waals surface area contributed by atoms with Crippen LogP contribution >= 0.6 is 0 Å². The molecule has 4 heteroatoms. The molecule has 0 aliphatic carbocycles. The summed E-state index contributed by atoms with van der Waals surface area (Å²) < 4.78 is 0. The molecule has 0 aromatic heterocycles. The molecule has 0 aliphatic heterocycles. The second-order valence-electron chi connectivity index (χ2n) is 6.81. The molecule has 0 heterocycles. The van der Waals surface area contributed by atoms with Gasteiger partial charge in [-0.15, -0.1) is 0 Å². The molecule has 4 nitrogen and oxygen atoms in total. The number of urea groups is 1. The number of carbonyl (C=O) groups excluding carboxylic acids is 1. The summed E-state index contributed by atoms with van der Waals surface area (Å²) in [5.41, 5.74) is 11.9. The third-order valence-corrected chi connectivity index (χ3v) is 4.42. The Morgan fingerprint density at radius 1 is 0.900 bits per heavy atom. The van der Waals surface area contributed by atoms with Gasteiger partial charge >= 0.3 is 6.03 Å². The standard InChI is InChI=1S/C26H25N3O/c1-3-9-22(18-19(2)27)20-14-16-23(17-15-20)28-26(30)29-25-13-8-7-12-24(25)21-10-5-4-6-11-21/h3-18H,1,27H2,2H3,(H2,28,29,30)/b19-18-,22-9+. The molecule has 30 heavy (non-hydrogen) atoms. The Bertz CT molecular complexity index is 1080. The predicted molar refractivity (Wildman–Crippen MR) is 127 cm³/mol. The number of nitrogens with one attached hydrogen (secondary N) is 2. The minimum Gasteiger partial charge on any atom is -0.402 e. The van der Waals surface area contributed by atoms with E-state index < -0.39 is 0 Å². The van der Waals surface area contributed by atoms with E-state index in [1.807, 2.05) is 97.9 Å². The van der Waals surface area contributed by atoms with Crippen LogP contribution in [0.3, 0.4) is 0 Å². The van der Waals surface area contributed by atoms with Gasteiger partial charge in [-0.3, -0.25) is 0 Å². The van der Waals surface area contributed by atoms with Crippen molar-refractivity contribution >= 4 is 23.0 Å². The number of carbonyl (C=O) groups is 1. The Kier molecular flexibility index (Phi) is 6.85. The smallest absolute Gasteiger partial charge is 0.323 e. The molecular formula is C26H25N3O. The summed E-state index contributed by atoms with van der Waals surface area (Å²) in [7, 11) is 0. The highest BCUT2D eigenvalue weighted by Crippen LogP contribution is 2.27. The second kappa shape index (κ2) is 9.94. The molecule has 0 aliphatic rings. The molecule has 2 amide bonds. The first-order chi connectivity index (χ1) is 14.6. The van der Waals surface area contributed by atoms with Crippen LogP contribution in [0.2, 0.25) is 0 Å². The quantitative estimate of drug-likeness (QED) is 0.421. The molecule has 0 bridgehead atoms. The molecule has 3 aromatic rings. The van der Waals surface area contributed by atoms with Crippen molar-refractivity contribution in [3.05, 3.63) is 115 Å². The number of hydrogen-bond donors (Lipinski definition) is 3. The van der Waals surface area contributed by atoms with Gasteiger partial charge in [0, 0.05) is 16.9 Å². The van der Waals surface area contributed by atoms with Gasteiger partial charge in [0.15, 0.2) is 0 Å². The lowest BCUT2D eigenvalue weighted by molar-refractivity contribution is 0.262. The highest BCUT2D eigenvalue weighted by Gasteiger charge is 2.08. The van der Waals surface area contributed by atoms with Gasteiger partial charge in [0.05, 0.1) is 5.69 Å². The lowest BCUT2D eigenvalue weighted by Crippen LogP contribution is -2.19. The molecule has 3 aromatic carbocycles. The van der Waals surface area contributed by atoms with Crippen molar-refractivity contribution in [2.75, 3.05) is 10.6 Å². The first-order valence-corrected chi connectivity index (χ1v) is 9.66. The highest BCUT2D eigenvalue weighted by atomic mass is 16.2. The third kappa shape index (κ3) is 5.49. The van der Waals surface area contributed by atoms with Crippen LogP contribution in [0.4, 0.5) is 16.2 Å². The number of amides is 2. The molecule has 0 saturated heterocycles. The van der Waals surface area contributed by atoms with Crippen LogP contribution in [-0.4, -0.2) is 6.03 Å². The molecule has 3 rings (SSSR count). The largest absolute Gasteiger partial charge is 0.402 e. The van der Waals surface area contributed by atoms with Crippen molar-refractivity contribution in [1.82, 2.24) is 0 Å². The topological polar surface area (TPSA) is 67.1 Å². The Hall–Kier alpha value is -4.05. The van der Waals surface area contributed by atoms with Crippen LogP contribution in [0.1, 0.15) is 12.5 Å². The number of allylic oxidation sites excluding steroid dienone is 5. The number of benzene rings is 3. The second-order valence-corrected chi connectivity index (χ2v) is 6.81. The average molecular weight is 396 g/mol. The molecular weight excluding hydrogens is 370 g/mol. The number of hydrogen-bond acceptors (Lipinski definition) is 2. The summed E-state index contributed by atoms with van der Waals surface area (Å²) >= 11 is 0. The summed E-state index contributed by atoms with van der Waals surface area (Å²) in [4.78, 5) is 12.6. The minimum absolute atomic E-state index is 0.300. The van der Waals surface area contributed by atoms with Crippen molar-refractivity contribution in [1.29, 1.82) is 0 Å². The molecule has 0 spiro atoms. The molecule has 0 atom stereocenters. The number of anilines is 2. The van der Waals surface area contributed by atoms with Crippen LogP contribution in [-0.2, 0) is 0 Å². The molecule has 150 valence electrons. The SMILES string of the molecule is C=C/C=C(\C=C(\C)N)c1ccc(NC(=O)Nc2ccccc2-c2ccccc2)cc1. The fourth-order valence-electron chi connectivity index (χ4n) is 3.09. The summed E-state index contributed by atoms with van der Waals surface area (Å²) in [6, 6.07) is 25.0. The molecule has 0 radical (unpaired) electrons. The van der Waals surface area contributed by atoms with Crippen molar-refractivity contribution in [2.45, 2.75) is 6.92 Å². The molecule has 0 fully saturated rings. The van der Waals surface area contributed by atoms with Crippen LogP contribution in [0.15, 0.2) is 109 Å². The van der Waals surface area contributed by atoms with E-state index in [-0.39, 0.29) is 6.03 Å². The Morgan fingerprint density at radius 2 is 1.57 bits per heavy atom. The Balaban J connectivity index is 1.73. The van der Waals surface area contributed by atoms with Gasteiger partial charge in [0.1, 0.15) is 0 Å². The lowest BCUT2D eigenvalue weighted by atomic mass is 10.0. The third-order valence-electron chi connectivity index (χ3n) is 4.42. The maximum atomic E-state index is 12.6. The van der Waals surface area contributed by atoms with Gasteiger partial charge in [0.2, 0.25) is 0 Å². The van der Waals surface area contributed by atoms with Crippen LogP contribution in [0.5, 0.6) is 0 Å². The zero-order valence-corrected chi connectivity index (χ0v) is 16.9. The minimum atomic E-state index is -0.300. The van der Waals surface area contributed by atoms with Gasteiger partial charge in [0.25, 0.3) is 0 Å². The van der Waals surface area contributed by atoms with Gasteiger partial charge in [-0.2, -0.15) is 0 Å². The Labute approximate surface area is 177 Å². The Morgan fingerprint density at radius 3 is 2.23 bits per heavy atom. The van der Waals surface area contributed by atoms with E-state index in [1.165, 1.54) is 0 Å². The van der Waals surface area contributed by atoms with Gasteiger partial charge < -0.3 is 16.4 Å². The summed E-state index contributed by atoms with van der Waals surface area (Å²) in [5.74, 6) is 0. The lowest BCUT2D eigenvalue weighted by Gasteiger charge is -2.12. The highest BCUT2D eigenvalue weighted by molar-refractivity contribution is 6.02. The molecule has 4 N–H and O–H groups in total. The van der Waals surface area contributed by atoms with Gasteiger partial charge in [-0.05, 0) is 47.9 Å². The van der Waals surface area contributed by atoms with Gasteiger partial charge in [-0.25, -0.2) is 4.79 Å². The zero-order valence-electron chi connectivity index (χ0n) is 16.9. The zero-order chi connectivity index (χ0) is 21.3. The molecule has 0 saturated carbocycles. The van der Waals surface area contributed by atoms with E-state index >= 15 is 0 Å². The van der Waals surface area contributed by atoms with Crippen LogP contribution < -0.4 is 16.4 Å². The number of nitrogens with two attached hydrogens (primary N) is 1. The summed E-state index contributed by atoms with van der Waals surface area (Å²) in [5, 5.41) is 5.82. The van der Waals surface area contributed by atoms with Crippen molar-refractivity contribution < 1.29 is 4.79 Å². The number of rotatable bonds is 6. The van der Waals surface area contributed by atoms with Crippen LogP contribution in [0.25, 0.3) is 16.7 Å². The summed E-state index contributed by atoms with van der Waals surface area (Å²) in [6.45, 7) is 5.59. The maximum absolute atomic E-state index is 12.6. The van der Waals surface area contributed by atoms with Crippen molar-refractivity contribution in [2.24, 2.45) is 5.73 Å². The average Bonchev–Trinajstić information content (AvgIpc) is 2.75. The monoisotopic (exact) mass is 395 g/mol. The maximum Gasteiger partial charge on any atom is 0.323 e. The van der Waals surface area contributed by atoms with E-state index in [9.17, 15) is 4.79 Å². The first-order valence-electron chi connectivity index (χ1n) is 9.66. The van der Waals surface area contributed by atoms with Crippen LogP contribution in [0, 0.1) is 0 Å². The van der Waals surface area contributed by atoms with Gasteiger partial charge in [-0.1, -0.05) is 79.4 Å². The fourth-order valence-corrected chi connectivity index (χ4v) is 3.09. The fraction of sp³-hybridized carbons (Fsp3) is 0.0385. The molecule has 0 unspecified atom stereocenters. The normalized spacial score (nSPS) is 11.6. The summed E-state index contributed by atoms with van der Waals surface area (Å²) in [6.07, 6.45) is 5.50. The predicted octanol–water partition coefficient (Wildman–Crippen LogP) is 6.43. The van der Waals surface area contributed by atoms with E-state index in [1.54, 1.807) is 6.08 Å². The van der Waals surface area contributed by atoms with Crippen molar-refractivity contribution in [3.63, 3.8) is 0 Å². The van der Waals surface area contributed by atoms with E-state index in [0.717, 1.165) is 28.0 Å².